The molecule has 1 atom stereocenters. The molecular formula is C59H112O6. The van der Waals surface area contributed by atoms with E-state index in [1.165, 1.54) is 231 Å². The Bertz CT molecular complexity index is 1010. The van der Waals surface area contributed by atoms with Crippen LogP contribution in [0.1, 0.15) is 329 Å². The van der Waals surface area contributed by atoms with Crippen LogP contribution >= 0.6 is 0 Å². The van der Waals surface area contributed by atoms with E-state index in [1.807, 2.05) is 0 Å². The van der Waals surface area contributed by atoms with E-state index in [-0.39, 0.29) is 31.1 Å². The van der Waals surface area contributed by atoms with Gasteiger partial charge in [0.2, 0.25) is 0 Å². The first-order chi connectivity index (χ1) is 32.0. The lowest BCUT2D eigenvalue weighted by molar-refractivity contribution is -0.167. The Kier molecular flexibility index (Phi) is 53.2. The van der Waals surface area contributed by atoms with Crippen molar-refractivity contribution in [1.29, 1.82) is 0 Å². The van der Waals surface area contributed by atoms with Crippen molar-refractivity contribution in [2.24, 2.45) is 0 Å². The molecule has 0 amide bonds. The largest absolute Gasteiger partial charge is 0.462 e. The number of rotatable bonds is 54. The van der Waals surface area contributed by atoms with Crippen molar-refractivity contribution in [3.05, 3.63) is 12.2 Å². The van der Waals surface area contributed by atoms with Gasteiger partial charge >= 0.3 is 17.9 Å². The zero-order valence-electron chi connectivity index (χ0n) is 44.0. The highest BCUT2D eigenvalue weighted by atomic mass is 16.6. The Morgan fingerprint density at radius 1 is 0.292 bits per heavy atom. The third-order valence-corrected chi connectivity index (χ3v) is 13.3. The van der Waals surface area contributed by atoms with E-state index in [1.54, 1.807) is 0 Å². The van der Waals surface area contributed by atoms with Crippen LogP contribution in [-0.4, -0.2) is 37.2 Å². The normalized spacial score (nSPS) is 12.0. The standard InChI is InChI=1S/C59H112O6/c1-4-7-10-13-16-19-21-23-25-26-27-28-29-30-31-32-33-34-35-37-38-40-43-46-49-52-58(61)64-55-56(54-63-57(60)51-48-45-42-18-15-12-9-6-3)65-59(62)53-50-47-44-41-39-36-24-22-20-17-14-11-8-5-2/h26-27,56H,4-25,28-55H2,1-3H3/b27-26-. The van der Waals surface area contributed by atoms with Crippen LogP contribution in [0.25, 0.3) is 0 Å². The third-order valence-electron chi connectivity index (χ3n) is 13.3. The van der Waals surface area contributed by atoms with Crippen molar-refractivity contribution < 1.29 is 28.6 Å². The molecule has 0 heterocycles. The van der Waals surface area contributed by atoms with Crippen LogP contribution in [-0.2, 0) is 28.6 Å². The second kappa shape index (κ2) is 54.8. The van der Waals surface area contributed by atoms with Crippen molar-refractivity contribution in [2.75, 3.05) is 13.2 Å². The van der Waals surface area contributed by atoms with Gasteiger partial charge in [-0.1, -0.05) is 277 Å². The van der Waals surface area contributed by atoms with Gasteiger partial charge in [0.15, 0.2) is 6.10 Å². The summed E-state index contributed by atoms with van der Waals surface area (Å²) in [6, 6.07) is 0. The molecule has 0 fully saturated rings. The molecule has 0 radical (unpaired) electrons. The first kappa shape index (κ1) is 63.1. The minimum absolute atomic E-state index is 0.0643. The fourth-order valence-corrected chi connectivity index (χ4v) is 8.85. The van der Waals surface area contributed by atoms with E-state index >= 15 is 0 Å². The number of carbonyl (C=O) groups is 3. The maximum absolute atomic E-state index is 12.8. The molecule has 0 spiro atoms. The molecule has 0 aliphatic rings. The molecule has 0 aromatic carbocycles. The molecule has 0 saturated carbocycles. The molecule has 0 aliphatic heterocycles. The van der Waals surface area contributed by atoms with E-state index in [2.05, 4.69) is 32.9 Å². The van der Waals surface area contributed by atoms with Gasteiger partial charge < -0.3 is 14.2 Å². The van der Waals surface area contributed by atoms with Crippen molar-refractivity contribution >= 4 is 17.9 Å². The Morgan fingerprint density at radius 2 is 0.508 bits per heavy atom. The Hall–Kier alpha value is -1.85. The second-order valence-electron chi connectivity index (χ2n) is 19.9. The average Bonchev–Trinajstić information content (AvgIpc) is 3.30. The van der Waals surface area contributed by atoms with Gasteiger partial charge in [-0.2, -0.15) is 0 Å². The maximum Gasteiger partial charge on any atom is 0.306 e. The van der Waals surface area contributed by atoms with Crippen LogP contribution in [0.2, 0.25) is 0 Å². The van der Waals surface area contributed by atoms with Gasteiger partial charge in [-0.05, 0) is 44.9 Å². The predicted octanol–water partition coefficient (Wildman–Crippen LogP) is 19.3. The predicted molar refractivity (Wildman–Crippen MR) is 280 cm³/mol. The molecule has 0 bridgehead atoms. The van der Waals surface area contributed by atoms with E-state index in [0.717, 1.165) is 57.8 Å². The Labute approximate surface area is 405 Å². The summed E-state index contributed by atoms with van der Waals surface area (Å²) >= 11 is 0. The topological polar surface area (TPSA) is 78.9 Å². The quantitative estimate of drug-likeness (QED) is 0.0262. The van der Waals surface area contributed by atoms with Gasteiger partial charge in [-0.15, -0.1) is 0 Å². The lowest BCUT2D eigenvalue weighted by atomic mass is 10.0. The SMILES string of the molecule is CCCCCCCCCC/C=C\CCCCCCCCCCCCCCCC(=O)OCC(COC(=O)CCCCCCCCCC)OC(=O)CCCCCCCCCCCCCCCC. The first-order valence-electron chi connectivity index (χ1n) is 29.2. The summed E-state index contributed by atoms with van der Waals surface area (Å²) in [7, 11) is 0. The summed E-state index contributed by atoms with van der Waals surface area (Å²) < 4.78 is 16.8. The van der Waals surface area contributed by atoms with Gasteiger partial charge in [0.25, 0.3) is 0 Å². The molecule has 0 aromatic heterocycles. The van der Waals surface area contributed by atoms with Gasteiger partial charge in [0.1, 0.15) is 13.2 Å². The zero-order chi connectivity index (χ0) is 47.2. The third kappa shape index (κ3) is 53.0. The van der Waals surface area contributed by atoms with Crippen LogP contribution in [0, 0.1) is 0 Å². The number of hydrogen-bond donors (Lipinski definition) is 0. The number of unbranched alkanes of at least 4 members (excludes halogenated alkanes) is 41. The highest BCUT2D eigenvalue weighted by Crippen LogP contribution is 2.17. The van der Waals surface area contributed by atoms with Crippen molar-refractivity contribution in [3.63, 3.8) is 0 Å². The summed E-state index contributed by atoms with van der Waals surface area (Å²) in [5, 5.41) is 0. The number of esters is 3. The van der Waals surface area contributed by atoms with Crippen molar-refractivity contribution in [3.8, 4) is 0 Å². The van der Waals surface area contributed by atoms with Crippen LogP contribution in [0.15, 0.2) is 12.2 Å². The van der Waals surface area contributed by atoms with Crippen LogP contribution in [0.4, 0.5) is 0 Å². The fourth-order valence-electron chi connectivity index (χ4n) is 8.85. The van der Waals surface area contributed by atoms with Gasteiger partial charge in [-0.25, -0.2) is 0 Å². The molecule has 65 heavy (non-hydrogen) atoms. The number of hydrogen-bond acceptors (Lipinski definition) is 6. The summed E-state index contributed by atoms with van der Waals surface area (Å²) in [5.74, 6) is -0.847. The second-order valence-corrected chi connectivity index (χ2v) is 19.9. The summed E-state index contributed by atoms with van der Waals surface area (Å²) in [6.45, 7) is 6.66. The Morgan fingerprint density at radius 3 is 0.769 bits per heavy atom. The molecule has 0 aromatic rings. The van der Waals surface area contributed by atoms with E-state index < -0.39 is 6.10 Å². The van der Waals surface area contributed by atoms with Crippen LogP contribution in [0.5, 0.6) is 0 Å². The molecule has 0 rings (SSSR count). The smallest absolute Gasteiger partial charge is 0.306 e. The van der Waals surface area contributed by atoms with Gasteiger partial charge in [0, 0.05) is 19.3 Å². The summed E-state index contributed by atoms with van der Waals surface area (Å²) in [4.78, 5) is 37.9. The minimum atomic E-state index is -0.762. The van der Waals surface area contributed by atoms with E-state index in [9.17, 15) is 14.4 Å². The zero-order valence-corrected chi connectivity index (χ0v) is 44.0. The number of allylic oxidation sites excluding steroid dienone is 2. The molecule has 0 saturated heterocycles. The average molecular weight is 918 g/mol. The number of ether oxygens (including phenoxy) is 3. The maximum atomic E-state index is 12.8. The summed E-state index contributed by atoms with van der Waals surface area (Å²) in [6.07, 6.45) is 62.3. The first-order valence-corrected chi connectivity index (χ1v) is 29.2. The van der Waals surface area contributed by atoms with Gasteiger partial charge in [-0.3, -0.25) is 14.4 Å². The van der Waals surface area contributed by atoms with E-state index in [0.29, 0.717) is 19.3 Å². The molecule has 0 N–H and O–H groups in total. The van der Waals surface area contributed by atoms with E-state index in [4.69, 9.17) is 14.2 Å². The van der Waals surface area contributed by atoms with Crippen LogP contribution in [0.3, 0.4) is 0 Å². The van der Waals surface area contributed by atoms with Gasteiger partial charge in [0.05, 0.1) is 0 Å². The highest BCUT2D eigenvalue weighted by molar-refractivity contribution is 5.71. The molecule has 6 heteroatoms. The molecular weight excluding hydrogens is 805 g/mol. The monoisotopic (exact) mass is 917 g/mol. The lowest BCUT2D eigenvalue weighted by Gasteiger charge is -2.18. The lowest BCUT2D eigenvalue weighted by Crippen LogP contribution is -2.30. The molecule has 1 unspecified atom stereocenters. The minimum Gasteiger partial charge on any atom is -0.462 e. The van der Waals surface area contributed by atoms with Crippen molar-refractivity contribution in [2.45, 2.75) is 335 Å². The Balaban J connectivity index is 4.10. The molecule has 384 valence electrons. The highest BCUT2D eigenvalue weighted by Gasteiger charge is 2.19. The summed E-state index contributed by atoms with van der Waals surface area (Å²) in [5.41, 5.74) is 0. The number of carbonyl (C=O) groups excluding carboxylic acids is 3. The van der Waals surface area contributed by atoms with Crippen molar-refractivity contribution in [1.82, 2.24) is 0 Å². The fraction of sp³-hybridized carbons (Fsp3) is 0.915. The molecule has 0 aliphatic carbocycles. The van der Waals surface area contributed by atoms with Crippen LogP contribution < -0.4 is 0 Å². The molecule has 6 nitrogen and oxygen atoms in total.